The zero-order valence-corrected chi connectivity index (χ0v) is 16.6. The summed E-state index contributed by atoms with van der Waals surface area (Å²) >= 11 is 0. The summed E-state index contributed by atoms with van der Waals surface area (Å²) < 4.78 is 76.8. The maximum absolute atomic E-state index is 13.0. The van der Waals surface area contributed by atoms with Crippen molar-refractivity contribution in [3.63, 3.8) is 0 Å². The molecule has 31 heavy (non-hydrogen) atoms. The van der Waals surface area contributed by atoms with Crippen LogP contribution in [-0.4, -0.2) is 37.0 Å². The average molecular weight is 442 g/mol. The van der Waals surface area contributed by atoms with Gasteiger partial charge in [-0.05, 0) is 48.4 Å². The predicted molar refractivity (Wildman–Crippen MR) is 105 cm³/mol. The van der Waals surface area contributed by atoms with Crippen LogP contribution < -0.4 is 4.90 Å². The van der Waals surface area contributed by atoms with Gasteiger partial charge in [-0.25, -0.2) is 0 Å². The summed E-state index contributed by atoms with van der Waals surface area (Å²) in [5.41, 5.74) is 0.180. The highest BCUT2D eigenvalue weighted by Crippen LogP contribution is 2.33. The maximum atomic E-state index is 13.0. The van der Waals surface area contributed by atoms with Crippen LogP contribution in [-0.2, 0) is 17.1 Å². The number of halogens is 6. The van der Waals surface area contributed by atoms with Gasteiger partial charge in [-0.3, -0.25) is 4.79 Å². The first kappa shape index (κ1) is 22.7. The molecule has 0 aromatic heterocycles. The number of amides is 1. The second-order valence-electron chi connectivity index (χ2n) is 7.26. The molecule has 0 saturated carbocycles. The van der Waals surface area contributed by atoms with Crippen LogP contribution in [0.3, 0.4) is 0 Å². The minimum absolute atomic E-state index is 0.305. The van der Waals surface area contributed by atoms with E-state index in [9.17, 15) is 31.1 Å². The molecule has 1 aliphatic heterocycles. The van der Waals surface area contributed by atoms with Crippen LogP contribution in [0.2, 0.25) is 0 Å². The number of hydrogen-bond acceptors (Lipinski definition) is 2. The Balaban J connectivity index is 1.61. The largest absolute Gasteiger partial charge is 0.416 e. The number of carbonyl (C=O) groups excluding carboxylic acids is 1. The summed E-state index contributed by atoms with van der Waals surface area (Å²) in [6.07, 6.45) is -6.13. The number of nitrogens with zero attached hydrogens (tertiary/aromatic N) is 2. The molecule has 0 unspecified atom stereocenters. The molecule has 0 spiro atoms. The molecule has 3 nitrogen and oxygen atoms in total. The van der Waals surface area contributed by atoms with E-state index in [4.69, 9.17) is 0 Å². The van der Waals surface area contributed by atoms with Gasteiger partial charge in [0.05, 0.1) is 11.1 Å². The topological polar surface area (TPSA) is 23.6 Å². The van der Waals surface area contributed by atoms with E-state index in [1.165, 1.54) is 30.4 Å². The van der Waals surface area contributed by atoms with Crippen LogP contribution in [0.15, 0.2) is 48.5 Å². The van der Waals surface area contributed by atoms with Crippen molar-refractivity contribution in [2.75, 3.05) is 31.1 Å². The molecule has 1 aliphatic rings. The van der Waals surface area contributed by atoms with Crippen molar-refractivity contribution in [2.24, 2.45) is 0 Å². The molecule has 1 heterocycles. The lowest BCUT2D eigenvalue weighted by atomic mass is 10.1. The highest BCUT2D eigenvalue weighted by atomic mass is 19.4. The molecular formula is C22H20F6N2O. The van der Waals surface area contributed by atoms with Crippen molar-refractivity contribution >= 4 is 17.7 Å². The molecule has 166 valence electrons. The molecule has 2 aromatic carbocycles. The number of benzene rings is 2. The molecule has 0 aliphatic carbocycles. The average Bonchev–Trinajstić information content (AvgIpc) is 2.71. The van der Waals surface area contributed by atoms with Gasteiger partial charge in [0.1, 0.15) is 0 Å². The Morgan fingerprint density at radius 2 is 1.39 bits per heavy atom. The monoisotopic (exact) mass is 442 g/mol. The van der Waals surface area contributed by atoms with Gasteiger partial charge in [0.25, 0.3) is 0 Å². The van der Waals surface area contributed by atoms with Gasteiger partial charge < -0.3 is 9.80 Å². The van der Waals surface area contributed by atoms with E-state index in [1.807, 2.05) is 4.90 Å². The van der Waals surface area contributed by atoms with Gasteiger partial charge in [-0.1, -0.05) is 18.2 Å². The lowest BCUT2D eigenvalue weighted by Crippen LogP contribution is -2.48. The van der Waals surface area contributed by atoms with E-state index in [0.717, 1.165) is 29.8 Å². The van der Waals surface area contributed by atoms with Crippen LogP contribution in [0.25, 0.3) is 6.08 Å². The second kappa shape index (κ2) is 8.64. The van der Waals surface area contributed by atoms with Crippen molar-refractivity contribution in [3.05, 3.63) is 70.8 Å². The summed E-state index contributed by atoms with van der Waals surface area (Å²) in [6, 6.07) is 8.05. The van der Waals surface area contributed by atoms with Gasteiger partial charge in [0.15, 0.2) is 0 Å². The number of anilines is 1. The Kier molecular flexibility index (Phi) is 6.33. The zero-order chi connectivity index (χ0) is 22.8. The number of carbonyl (C=O) groups is 1. The van der Waals surface area contributed by atoms with Crippen LogP contribution >= 0.6 is 0 Å². The summed E-state index contributed by atoms with van der Waals surface area (Å²) in [6.45, 7) is 3.14. The molecule has 2 aromatic rings. The minimum Gasteiger partial charge on any atom is -0.368 e. The first-order chi connectivity index (χ1) is 14.4. The van der Waals surface area contributed by atoms with Gasteiger partial charge in [-0.2, -0.15) is 26.3 Å². The van der Waals surface area contributed by atoms with Crippen molar-refractivity contribution in [1.82, 2.24) is 4.90 Å². The van der Waals surface area contributed by atoms with Crippen LogP contribution in [0.5, 0.6) is 0 Å². The molecule has 1 saturated heterocycles. The standard InChI is InChI=1S/C22H20F6N2O/c1-15-2-6-18(22(26,27)28)14-19(15)29-10-12-30(13-11-29)20(31)9-5-16-3-7-17(8-4-16)21(23,24)25/h2-9,14H,10-13H2,1H3/b9-5-. The van der Waals surface area contributed by atoms with E-state index in [1.54, 1.807) is 11.8 Å². The first-order valence-corrected chi connectivity index (χ1v) is 9.52. The molecule has 3 rings (SSSR count). The molecule has 1 amide bonds. The van der Waals surface area contributed by atoms with E-state index in [-0.39, 0.29) is 5.91 Å². The predicted octanol–water partition coefficient (Wildman–Crippen LogP) is 5.39. The Hall–Kier alpha value is -2.97. The Morgan fingerprint density at radius 3 is 1.94 bits per heavy atom. The zero-order valence-electron chi connectivity index (χ0n) is 16.6. The lowest BCUT2D eigenvalue weighted by molar-refractivity contribution is -0.138. The normalized spacial score (nSPS) is 15.6. The Bertz CT molecular complexity index is 955. The van der Waals surface area contributed by atoms with Crippen molar-refractivity contribution < 1.29 is 31.1 Å². The van der Waals surface area contributed by atoms with Crippen molar-refractivity contribution in [3.8, 4) is 0 Å². The third-order valence-corrected chi connectivity index (χ3v) is 5.12. The quantitative estimate of drug-likeness (QED) is 0.470. The molecule has 0 N–H and O–H groups in total. The molecule has 1 fully saturated rings. The molecule has 0 atom stereocenters. The number of rotatable bonds is 3. The lowest BCUT2D eigenvalue weighted by Gasteiger charge is -2.36. The van der Waals surface area contributed by atoms with E-state index in [0.29, 0.717) is 37.4 Å². The Labute approximate surface area is 175 Å². The third-order valence-electron chi connectivity index (χ3n) is 5.12. The smallest absolute Gasteiger partial charge is 0.368 e. The van der Waals surface area contributed by atoms with Gasteiger partial charge >= 0.3 is 12.4 Å². The van der Waals surface area contributed by atoms with Gasteiger partial charge in [0.2, 0.25) is 5.91 Å². The first-order valence-electron chi connectivity index (χ1n) is 9.52. The van der Waals surface area contributed by atoms with Crippen molar-refractivity contribution in [2.45, 2.75) is 19.3 Å². The summed E-state index contributed by atoms with van der Waals surface area (Å²) in [7, 11) is 0. The number of piperazine rings is 1. The minimum atomic E-state index is -4.43. The maximum Gasteiger partial charge on any atom is 0.416 e. The van der Waals surface area contributed by atoms with Crippen molar-refractivity contribution in [1.29, 1.82) is 0 Å². The van der Waals surface area contributed by atoms with Crippen LogP contribution in [0, 0.1) is 6.92 Å². The van der Waals surface area contributed by atoms with Gasteiger partial charge in [0, 0.05) is 37.9 Å². The fraction of sp³-hybridized carbons (Fsp3) is 0.318. The number of aryl methyl sites for hydroxylation is 1. The highest BCUT2D eigenvalue weighted by Gasteiger charge is 2.32. The fourth-order valence-corrected chi connectivity index (χ4v) is 3.35. The molecule has 9 heteroatoms. The van der Waals surface area contributed by atoms with E-state index in [2.05, 4.69) is 0 Å². The summed E-state index contributed by atoms with van der Waals surface area (Å²) in [4.78, 5) is 15.8. The third kappa shape index (κ3) is 5.59. The van der Waals surface area contributed by atoms with Crippen LogP contribution in [0.4, 0.5) is 32.0 Å². The second-order valence-corrected chi connectivity index (χ2v) is 7.26. The molecular weight excluding hydrogens is 422 g/mol. The van der Waals surface area contributed by atoms with Gasteiger partial charge in [-0.15, -0.1) is 0 Å². The van der Waals surface area contributed by atoms with E-state index < -0.39 is 23.5 Å². The van der Waals surface area contributed by atoms with Crippen LogP contribution in [0.1, 0.15) is 22.3 Å². The van der Waals surface area contributed by atoms with E-state index >= 15 is 0 Å². The Morgan fingerprint density at radius 1 is 0.839 bits per heavy atom. The summed E-state index contributed by atoms with van der Waals surface area (Å²) in [5, 5.41) is 0. The fourth-order valence-electron chi connectivity index (χ4n) is 3.35. The highest BCUT2D eigenvalue weighted by molar-refractivity contribution is 5.92. The summed E-state index contributed by atoms with van der Waals surface area (Å²) in [5.74, 6) is -0.305. The number of alkyl halides is 6. The SMILES string of the molecule is Cc1ccc(C(F)(F)F)cc1N1CCN(C(=O)/C=C\c2ccc(C(F)(F)F)cc2)CC1. The molecule has 0 bridgehead atoms. The molecule has 0 radical (unpaired) electrons. The number of hydrogen-bond donors (Lipinski definition) is 0.